The number of benzene rings is 2. The highest BCUT2D eigenvalue weighted by molar-refractivity contribution is 7.14. The zero-order chi connectivity index (χ0) is 19.5. The Morgan fingerprint density at radius 3 is 2.89 bits per heavy atom. The fourth-order valence-electron chi connectivity index (χ4n) is 2.54. The summed E-state index contributed by atoms with van der Waals surface area (Å²) < 4.78 is 10.2. The standard InChI is InChI=1S/C19H12ClN3O4S/c20-13-6-2-1-4-11(13)14-9-28-19(22-14)23-16(24)8-26-18(25)12-5-3-7-15-17(12)21-10-27-15/h1-7,9-10H,8H2,(H,22,23,24). The van der Waals surface area contributed by atoms with Crippen LogP contribution in [-0.2, 0) is 9.53 Å². The van der Waals surface area contributed by atoms with E-state index in [1.165, 1.54) is 17.7 Å². The summed E-state index contributed by atoms with van der Waals surface area (Å²) in [4.78, 5) is 32.6. The molecule has 9 heteroatoms. The normalized spacial score (nSPS) is 10.8. The van der Waals surface area contributed by atoms with Gasteiger partial charge in [0.1, 0.15) is 5.52 Å². The largest absolute Gasteiger partial charge is 0.452 e. The first-order valence-corrected chi connectivity index (χ1v) is 9.37. The molecule has 0 unspecified atom stereocenters. The van der Waals surface area contributed by atoms with Gasteiger partial charge in [0.25, 0.3) is 5.91 Å². The summed E-state index contributed by atoms with van der Waals surface area (Å²) in [6, 6.07) is 12.2. The molecular formula is C19H12ClN3O4S. The zero-order valence-corrected chi connectivity index (χ0v) is 15.8. The van der Waals surface area contributed by atoms with Crippen LogP contribution in [0.15, 0.2) is 58.7 Å². The number of oxazole rings is 1. The van der Waals surface area contributed by atoms with E-state index < -0.39 is 18.5 Å². The third-order valence-electron chi connectivity index (χ3n) is 3.82. The quantitative estimate of drug-likeness (QED) is 0.487. The Morgan fingerprint density at radius 2 is 2.04 bits per heavy atom. The Morgan fingerprint density at radius 1 is 1.18 bits per heavy atom. The van der Waals surface area contributed by atoms with Crippen LogP contribution in [0.2, 0.25) is 5.02 Å². The Bertz CT molecular complexity index is 1170. The number of halogens is 1. The van der Waals surface area contributed by atoms with E-state index in [2.05, 4.69) is 15.3 Å². The molecule has 0 aliphatic rings. The van der Waals surface area contributed by atoms with Crippen LogP contribution in [-0.4, -0.2) is 28.5 Å². The lowest BCUT2D eigenvalue weighted by Crippen LogP contribution is -2.21. The number of anilines is 1. The summed E-state index contributed by atoms with van der Waals surface area (Å²) in [5.41, 5.74) is 2.51. The Balaban J connectivity index is 1.38. The molecule has 0 aliphatic carbocycles. The van der Waals surface area contributed by atoms with E-state index in [0.29, 0.717) is 26.9 Å². The average molecular weight is 414 g/mol. The molecule has 7 nitrogen and oxygen atoms in total. The van der Waals surface area contributed by atoms with Crippen molar-refractivity contribution < 1.29 is 18.7 Å². The maximum Gasteiger partial charge on any atom is 0.340 e. The highest BCUT2D eigenvalue weighted by atomic mass is 35.5. The van der Waals surface area contributed by atoms with E-state index in [0.717, 1.165) is 5.56 Å². The van der Waals surface area contributed by atoms with Crippen molar-refractivity contribution in [3.05, 3.63) is 64.8 Å². The topological polar surface area (TPSA) is 94.3 Å². The van der Waals surface area contributed by atoms with Crippen LogP contribution in [0.3, 0.4) is 0 Å². The van der Waals surface area contributed by atoms with Crippen LogP contribution in [0.4, 0.5) is 5.13 Å². The number of carbonyl (C=O) groups is 2. The number of carbonyl (C=O) groups excluding carboxylic acids is 2. The fraction of sp³-hybridized carbons (Fsp3) is 0.0526. The van der Waals surface area contributed by atoms with E-state index >= 15 is 0 Å². The molecule has 2 aromatic carbocycles. The molecule has 0 saturated carbocycles. The summed E-state index contributed by atoms with van der Waals surface area (Å²) in [6.07, 6.45) is 1.24. The van der Waals surface area contributed by atoms with Crippen LogP contribution in [0.1, 0.15) is 10.4 Å². The second-order valence-electron chi connectivity index (χ2n) is 5.65. The smallest absolute Gasteiger partial charge is 0.340 e. The lowest BCUT2D eigenvalue weighted by Gasteiger charge is -2.05. The lowest BCUT2D eigenvalue weighted by molar-refractivity contribution is -0.119. The number of hydrogen-bond acceptors (Lipinski definition) is 7. The van der Waals surface area contributed by atoms with E-state index in [1.54, 1.807) is 29.6 Å². The minimum absolute atomic E-state index is 0.231. The van der Waals surface area contributed by atoms with Gasteiger partial charge in [0, 0.05) is 16.0 Å². The van der Waals surface area contributed by atoms with Crippen molar-refractivity contribution in [2.24, 2.45) is 0 Å². The molecule has 0 spiro atoms. The van der Waals surface area contributed by atoms with E-state index in [9.17, 15) is 9.59 Å². The van der Waals surface area contributed by atoms with Crippen molar-refractivity contribution in [1.82, 2.24) is 9.97 Å². The van der Waals surface area contributed by atoms with Gasteiger partial charge in [-0.15, -0.1) is 11.3 Å². The first-order valence-electron chi connectivity index (χ1n) is 8.11. The molecule has 0 radical (unpaired) electrons. The number of nitrogens with one attached hydrogen (secondary N) is 1. The van der Waals surface area contributed by atoms with Gasteiger partial charge in [-0.3, -0.25) is 10.1 Å². The molecule has 4 aromatic rings. The first kappa shape index (κ1) is 18.1. The Kier molecular flexibility index (Phi) is 5.05. The van der Waals surface area contributed by atoms with Crippen molar-refractivity contribution in [2.75, 3.05) is 11.9 Å². The van der Waals surface area contributed by atoms with Crippen molar-refractivity contribution in [3.63, 3.8) is 0 Å². The van der Waals surface area contributed by atoms with Crippen molar-refractivity contribution in [2.45, 2.75) is 0 Å². The predicted molar refractivity (Wildman–Crippen MR) is 105 cm³/mol. The summed E-state index contributed by atoms with van der Waals surface area (Å²) in [7, 11) is 0. The third-order valence-corrected chi connectivity index (χ3v) is 4.90. The number of thiazole rings is 1. The monoisotopic (exact) mass is 413 g/mol. The highest BCUT2D eigenvalue weighted by Crippen LogP contribution is 2.30. The van der Waals surface area contributed by atoms with Gasteiger partial charge < -0.3 is 9.15 Å². The van der Waals surface area contributed by atoms with Gasteiger partial charge in [0.2, 0.25) is 0 Å². The molecule has 4 rings (SSSR count). The molecule has 0 saturated heterocycles. The van der Waals surface area contributed by atoms with E-state index in [1.807, 2.05) is 18.2 Å². The molecular weight excluding hydrogens is 402 g/mol. The number of esters is 1. The SMILES string of the molecule is O=C(COC(=O)c1cccc2ocnc12)Nc1nc(-c2ccccc2Cl)cs1. The molecule has 2 heterocycles. The summed E-state index contributed by atoms with van der Waals surface area (Å²) in [5.74, 6) is -1.16. The number of nitrogens with zero attached hydrogens (tertiary/aromatic N) is 2. The summed E-state index contributed by atoms with van der Waals surface area (Å²) >= 11 is 7.41. The van der Waals surface area contributed by atoms with Crippen LogP contribution < -0.4 is 5.32 Å². The molecule has 0 bridgehead atoms. The van der Waals surface area contributed by atoms with Crippen molar-refractivity contribution in [3.8, 4) is 11.3 Å². The van der Waals surface area contributed by atoms with Crippen LogP contribution >= 0.6 is 22.9 Å². The second kappa shape index (κ2) is 7.79. The van der Waals surface area contributed by atoms with Crippen LogP contribution in [0.5, 0.6) is 0 Å². The number of hydrogen-bond donors (Lipinski definition) is 1. The third kappa shape index (κ3) is 3.73. The Labute approximate surface area is 167 Å². The molecule has 140 valence electrons. The maximum absolute atomic E-state index is 12.2. The van der Waals surface area contributed by atoms with Crippen molar-refractivity contribution in [1.29, 1.82) is 0 Å². The maximum atomic E-state index is 12.2. The molecule has 2 aromatic heterocycles. The fourth-order valence-corrected chi connectivity index (χ4v) is 3.50. The number of fused-ring (bicyclic) bond motifs is 1. The number of aromatic nitrogens is 2. The van der Waals surface area contributed by atoms with Gasteiger partial charge in [-0.05, 0) is 18.2 Å². The minimum atomic E-state index is -0.662. The van der Waals surface area contributed by atoms with Gasteiger partial charge in [-0.1, -0.05) is 35.9 Å². The highest BCUT2D eigenvalue weighted by Gasteiger charge is 2.16. The Hall–Kier alpha value is -3.23. The minimum Gasteiger partial charge on any atom is -0.452 e. The van der Waals surface area contributed by atoms with E-state index in [4.69, 9.17) is 20.8 Å². The summed E-state index contributed by atoms with van der Waals surface area (Å²) in [5, 5.41) is 5.35. The first-order chi connectivity index (χ1) is 13.6. The van der Waals surface area contributed by atoms with Gasteiger partial charge >= 0.3 is 5.97 Å². The second-order valence-corrected chi connectivity index (χ2v) is 6.91. The molecule has 0 fully saturated rings. The predicted octanol–water partition coefficient (Wildman–Crippen LogP) is 4.40. The molecule has 28 heavy (non-hydrogen) atoms. The van der Waals surface area contributed by atoms with Crippen LogP contribution in [0.25, 0.3) is 22.4 Å². The number of ether oxygens (including phenoxy) is 1. The van der Waals surface area contributed by atoms with Crippen molar-refractivity contribution >= 4 is 51.0 Å². The molecule has 0 atom stereocenters. The average Bonchev–Trinajstić information content (AvgIpc) is 3.35. The van der Waals surface area contributed by atoms with E-state index in [-0.39, 0.29) is 5.56 Å². The molecule has 0 aliphatic heterocycles. The molecule has 1 amide bonds. The van der Waals surface area contributed by atoms with Gasteiger partial charge in [0.05, 0.1) is 11.3 Å². The number of amides is 1. The van der Waals surface area contributed by atoms with Crippen LogP contribution in [0, 0.1) is 0 Å². The van der Waals surface area contributed by atoms with Gasteiger partial charge in [-0.2, -0.15) is 0 Å². The zero-order valence-electron chi connectivity index (χ0n) is 14.2. The van der Waals surface area contributed by atoms with Gasteiger partial charge in [0.15, 0.2) is 23.7 Å². The van der Waals surface area contributed by atoms with Gasteiger partial charge in [-0.25, -0.2) is 14.8 Å². The summed E-state index contributed by atoms with van der Waals surface area (Å²) in [6.45, 7) is -0.450. The lowest BCUT2D eigenvalue weighted by atomic mass is 10.2. The molecule has 1 N–H and O–H groups in total. The number of para-hydroxylation sites is 1. The number of rotatable bonds is 5.